The molecule has 0 spiro atoms. The van der Waals surface area contributed by atoms with Gasteiger partial charge in [-0.15, -0.1) is 5.10 Å². The highest BCUT2D eigenvalue weighted by molar-refractivity contribution is 5.63. The molecule has 0 aliphatic rings. The van der Waals surface area contributed by atoms with Crippen LogP contribution in [0.15, 0.2) is 24.4 Å². The third kappa shape index (κ3) is 1.53. The van der Waals surface area contributed by atoms with Crippen LogP contribution in [-0.2, 0) is 7.05 Å². The van der Waals surface area contributed by atoms with Crippen molar-refractivity contribution in [2.45, 2.75) is 0 Å². The monoisotopic (exact) mass is 200 g/mol. The Kier molecular flexibility index (Phi) is 2.10. The van der Waals surface area contributed by atoms with Gasteiger partial charge in [-0.25, -0.2) is 4.68 Å². The average Bonchev–Trinajstić information content (AvgIpc) is 2.65. The highest BCUT2D eigenvalue weighted by Gasteiger charge is 2.07. The highest BCUT2D eigenvalue weighted by Crippen LogP contribution is 2.24. The Hall–Kier alpha value is -2.35. The van der Waals surface area contributed by atoms with Crippen LogP contribution in [0.3, 0.4) is 0 Å². The summed E-state index contributed by atoms with van der Waals surface area (Å²) in [4.78, 5) is 0. The third-order valence-corrected chi connectivity index (χ3v) is 2.13. The Morgan fingerprint density at radius 2 is 2.27 bits per heavy atom. The van der Waals surface area contributed by atoms with Gasteiger partial charge in [-0.1, -0.05) is 5.21 Å². The number of benzene rings is 1. The third-order valence-electron chi connectivity index (χ3n) is 2.13. The van der Waals surface area contributed by atoms with E-state index in [1.165, 1.54) is 6.07 Å². The normalized spacial score (nSPS) is 9.87. The molecular formula is C10H8N4O. The summed E-state index contributed by atoms with van der Waals surface area (Å²) in [7, 11) is 1.77. The summed E-state index contributed by atoms with van der Waals surface area (Å²) in [5, 5.41) is 25.6. The van der Waals surface area contributed by atoms with E-state index in [0.29, 0.717) is 0 Å². The second-order valence-corrected chi connectivity index (χ2v) is 3.09. The van der Waals surface area contributed by atoms with Crippen LogP contribution < -0.4 is 0 Å². The highest BCUT2D eigenvalue weighted by atomic mass is 16.3. The first-order valence-corrected chi connectivity index (χ1v) is 4.30. The molecule has 74 valence electrons. The first-order valence-electron chi connectivity index (χ1n) is 4.30. The van der Waals surface area contributed by atoms with Gasteiger partial charge in [0.1, 0.15) is 11.8 Å². The van der Waals surface area contributed by atoms with Crippen LogP contribution in [-0.4, -0.2) is 20.1 Å². The molecule has 0 saturated carbocycles. The van der Waals surface area contributed by atoms with Crippen molar-refractivity contribution in [2.24, 2.45) is 7.05 Å². The van der Waals surface area contributed by atoms with Crippen molar-refractivity contribution < 1.29 is 5.11 Å². The smallest absolute Gasteiger partial charge is 0.133 e. The van der Waals surface area contributed by atoms with Crippen LogP contribution in [0.1, 0.15) is 5.56 Å². The molecule has 2 rings (SSSR count). The summed E-state index contributed by atoms with van der Waals surface area (Å²) in [6, 6.07) is 6.73. The lowest BCUT2D eigenvalue weighted by Gasteiger charge is -2.02. The lowest BCUT2D eigenvalue weighted by Crippen LogP contribution is -1.94. The van der Waals surface area contributed by atoms with Crippen LogP contribution in [0.5, 0.6) is 5.75 Å². The fraction of sp³-hybridized carbons (Fsp3) is 0.100. The van der Waals surface area contributed by atoms with Crippen LogP contribution in [0, 0.1) is 11.3 Å². The summed E-state index contributed by atoms with van der Waals surface area (Å²) in [5.74, 6) is -0.0172. The van der Waals surface area contributed by atoms with Crippen molar-refractivity contribution in [3.63, 3.8) is 0 Å². The number of hydrogen-bond donors (Lipinski definition) is 1. The second-order valence-electron chi connectivity index (χ2n) is 3.09. The van der Waals surface area contributed by atoms with E-state index < -0.39 is 0 Å². The summed E-state index contributed by atoms with van der Waals surface area (Å²) in [6.45, 7) is 0. The van der Waals surface area contributed by atoms with Gasteiger partial charge < -0.3 is 5.11 Å². The van der Waals surface area contributed by atoms with Gasteiger partial charge in [-0.2, -0.15) is 5.26 Å². The van der Waals surface area contributed by atoms with E-state index in [-0.39, 0.29) is 11.3 Å². The van der Waals surface area contributed by atoms with Crippen LogP contribution in [0.2, 0.25) is 0 Å². The molecule has 0 bridgehead atoms. The van der Waals surface area contributed by atoms with E-state index in [1.54, 1.807) is 30.1 Å². The maximum Gasteiger partial charge on any atom is 0.133 e. The van der Waals surface area contributed by atoms with Gasteiger partial charge in [0.05, 0.1) is 17.5 Å². The number of nitriles is 1. The number of hydrogen-bond acceptors (Lipinski definition) is 4. The average molecular weight is 200 g/mol. The number of rotatable bonds is 1. The lowest BCUT2D eigenvalue weighted by atomic mass is 10.1. The SMILES string of the molecule is Cn1nncc1-c1ccc(O)c(C#N)c1. The molecule has 5 nitrogen and oxygen atoms in total. The summed E-state index contributed by atoms with van der Waals surface area (Å²) >= 11 is 0. The van der Waals surface area contributed by atoms with Gasteiger partial charge in [0.25, 0.3) is 0 Å². The number of aromatic hydroxyl groups is 1. The minimum atomic E-state index is -0.0172. The summed E-state index contributed by atoms with van der Waals surface area (Å²) in [6.07, 6.45) is 1.60. The van der Waals surface area contributed by atoms with E-state index >= 15 is 0 Å². The molecule has 0 unspecified atom stereocenters. The number of phenols is 1. The zero-order chi connectivity index (χ0) is 10.8. The van der Waals surface area contributed by atoms with Gasteiger partial charge in [-0.3, -0.25) is 0 Å². The van der Waals surface area contributed by atoms with Crippen LogP contribution in [0.4, 0.5) is 0 Å². The molecule has 0 amide bonds. The maximum atomic E-state index is 9.34. The first kappa shape index (κ1) is 9.21. The predicted molar refractivity (Wildman–Crippen MR) is 52.8 cm³/mol. The molecule has 0 aliphatic carbocycles. The Bertz CT molecular complexity index is 539. The zero-order valence-corrected chi connectivity index (χ0v) is 8.05. The first-order chi connectivity index (χ1) is 7.22. The Balaban J connectivity index is 2.57. The van der Waals surface area contributed by atoms with E-state index in [1.807, 2.05) is 6.07 Å². The Morgan fingerprint density at radius 3 is 2.87 bits per heavy atom. The minimum Gasteiger partial charge on any atom is -0.507 e. The Labute approximate surface area is 86.2 Å². The molecular weight excluding hydrogens is 192 g/mol. The van der Waals surface area contributed by atoms with Gasteiger partial charge in [0.2, 0.25) is 0 Å². The molecule has 2 aromatic rings. The zero-order valence-electron chi connectivity index (χ0n) is 8.05. The van der Waals surface area contributed by atoms with E-state index in [2.05, 4.69) is 10.3 Å². The number of phenolic OH excluding ortho intramolecular Hbond substituents is 1. The van der Waals surface area contributed by atoms with Crippen molar-refractivity contribution in [2.75, 3.05) is 0 Å². The van der Waals surface area contributed by atoms with Crippen LogP contribution >= 0.6 is 0 Å². The molecule has 0 aliphatic heterocycles. The second kappa shape index (κ2) is 3.42. The molecule has 1 aromatic heterocycles. The van der Waals surface area contributed by atoms with Crippen molar-refractivity contribution in [3.05, 3.63) is 30.0 Å². The minimum absolute atomic E-state index is 0.0172. The molecule has 0 saturated heterocycles. The quantitative estimate of drug-likeness (QED) is 0.746. The largest absolute Gasteiger partial charge is 0.507 e. The van der Waals surface area contributed by atoms with E-state index in [9.17, 15) is 5.11 Å². The molecule has 1 aromatic carbocycles. The molecule has 1 heterocycles. The van der Waals surface area contributed by atoms with Crippen molar-refractivity contribution >= 4 is 0 Å². The van der Waals surface area contributed by atoms with Crippen LogP contribution in [0.25, 0.3) is 11.3 Å². The topological polar surface area (TPSA) is 74.7 Å². The molecule has 1 N–H and O–H groups in total. The maximum absolute atomic E-state index is 9.34. The molecule has 5 heteroatoms. The number of aromatic nitrogens is 3. The standard InChI is InChI=1S/C10H8N4O/c1-14-9(6-12-13-14)7-2-3-10(15)8(4-7)5-11/h2-4,6,15H,1H3. The number of aryl methyl sites for hydroxylation is 1. The molecule has 15 heavy (non-hydrogen) atoms. The summed E-state index contributed by atoms with van der Waals surface area (Å²) in [5.41, 5.74) is 1.84. The van der Waals surface area contributed by atoms with E-state index in [0.717, 1.165) is 11.3 Å². The van der Waals surface area contributed by atoms with Crippen molar-refractivity contribution in [1.29, 1.82) is 5.26 Å². The molecule has 0 fully saturated rings. The molecule has 0 atom stereocenters. The van der Waals surface area contributed by atoms with Gasteiger partial charge in [0, 0.05) is 12.6 Å². The fourth-order valence-electron chi connectivity index (χ4n) is 1.34. The lowest BCUT2D eigenvalue weighted by molar-refractivity contribution is 0.473. The van der Waals surface area contributed by atoms with Gasteiger partial charge >= 0.3 is 0 Å². The van der Waals surface area contributed by atoms with Gasteiger partial charge in [0.15, 0.2) is 0 Å². The predicted octanol–water partition coefficient (Wildman–Crippen LogP) is 1.06. The summed E-state index contributed by atoms with van der Waals surface area (Å²) < 4.78 is 1.60. The van der Waals surface area contributed by atoms with Gasteiger partial charge in [-0.05, 0) is 18.2 Å². The Morgan fingerprint density at radius 1 is 1.47 bits per heavy atom. The van der Waals surface area contributed by atoms with Crippen molar-refractivity contribution in [3.8, 4) is 23.1 Å². The van der Waals surface area contributed by atoms with Crippen molar-refractivity contribution in [1.82, 2.24) is 15.0 Å². The number of nitrogens with zero attached hydrogens (tertiary/aromatic N) is 4. The van der Waals surface area contributed by atoms with E-state index in [4.69, 9.17) is 5.26 Å². The fourth-order valence-corrected chi connectivity index (χ4v) is 1.34. The molecule has 0 radical (unpaired) electrons.